The molecule has 1 fully saturated rings. The summed E-state index contributed by atoms with van der Waals surface area (Å²) in [6.45, 7) is 1.68. The maximum atomic E-state index is 13.0. The van der Waals surface area contributed by atoms with Crippen LogP contribution in [0.1, 0.15) is 36.4 Å². The van der Waals surface area contributed by atoms with Gasteiger partial charge in [-0.25, -0.2) is 0 Å². The number of carbonyl (C=O) groups excluding carboxylic acids is 1. The number of carbonyl (C=O) groups is 1. The van der Waals surface area contributed by atoms with Crippen molar-refractivity contribution in [2.75, 3.05) is 18.3 Å². The molecule has 0 spiro atoms. The van der Waals surface area contributed by atoms with Crippen LogP contribution in [0.3, 0.4) is 0 Å². The van der Waals surface area contributed by atoms with Crippen molar-refractivity contribution in [2.24, 2.45) is 13.0 Å². The topological polar surface area (TPSA) is 93.8 Å². The maximum Gasteiger partial charge on any atom is 0.275 e. The zero-order chi connectivity index (χ0) is 22.4. The van der Waals surface area contributed by atoms with Gasteiger partial charge in [0.05, 0.1) is 0 Å². The molecule has 1 N–H and O–H groups in total. The lowest BCUT2D eigenvalue weighted by molar-refractivity contribution is -0.134. The van der Waals surface area contributed by atoms with Gasteiger partial charge >= 0.3 is 0 Å². The number of nitrogens with zero attached hydrogens (tertiary/aromatic N) is 4. The highest BCUT2D eigenvalue weighted by Gasteiger charge is 2.36. The van der Waals surface area contributed by atoms with E-state index >= 15 is 0 Å². The van der Waals surface area contributed by atoms with Crippen LogP contribution in [0, 0.1) is 11.1 Å². The number of hydrogen-bond donors (Lipinski definition) is 1. The summed E-state index contributed by atoms with van der Waals surface area (Å²) in [4.78, 5) is 27.5. The summed E-state index contributed by atoms with van der Waals surface area (Å²) in [7, 11) is 2.05. The van der Waals surface area contributed by atoms with Crippen LogP contribution in [0.15, 0.2) is 47.4 Å². The van der Waals surface area contributed by atoms with Crippen molar-refractivity contribution in [2.45, 2.75) is 38.1 Å². The molecule has 1 amide bonds. The summed E-state index contributed by atoms with van der Waals surface area (Å²) in [5.74, 6) is 0.411. The first kappa shape index (κ1) is 20.8. The number of aromatic nitrogens is 2. The SMILES string of the molecule is Cn1cc(CCCC(=O)N2CC3CC(C2)c2ccc(N([O-])O)c(=O)n2C3)c2ccccc21. The van der Waals surface area contributed by atoms with Crippen LogP contribution < -0.4 is 10.8 Å². The van der Waals surface area contributed by atoms with Crippen molar-refractivity contribution in [3.63, 3.8) is 0 Å². The molecular weight excluding hydrogens is 408 g/mol. The highest BCUT2D eigenvalue weighted by molar-refractivity contribution is 5.84. The van der Waals surface area contributed by atoms with Gasteiger partial charge in [0.15, 0.2) is 0 Å². The predicted octanol–water partition coefficient (Wildman–Crippen LogP) is 3.00. The fourth-order valence-electron chi connectivity index (χ4n) is 5.50. The fourth-order valence-corrected chi connectivity index (χ4v) is 5.50. The number of piperidine rings is 1. The number of anilines is 1. The number of amides is 1. The van der Waals surface area contributed by atoms with E-state index in [1.54, 1.807) is 10.6 Å². The molecule has 168 valence electrons. The largest absolute Gasteiger partial charge is 0.733 e. The zero-order valence-corrected chi connectivity index (χ0v) is 18.1. The summed E-state index contributed by atoms with van der Waals surface area (Å²) >= 11 is 0. The van der Waals surface area contributed by atoms with Crippen molar-refractivity contribution in [1.82, 2.24) is 14.0 Å². The van der Waals surface area contributed by atoms with E-state index in [1.165, 1.54) is 22.5 Å². The summed E-state index contributed by atoms with van der Waals surface area (Å²) in [6, 6.07) is 11.4. The maximum absolute atomic E-state index is 13.0. The van der Waals surface area contributed by atoms with Crippen LogP contribution in [0.2, 0.25) is 0 Å². The molecule has 2 aromatic heterocycles. The van der Waals surface area contributed by atoms with Gasteiger partial charge in [-0.1, -0.05) is 18.2 Å². The van der Waals surface area contributed by atoms with Crippen molar-refractivity contribution in [3.8, 4) is 0 Å². The molecule has 32 heavy (non-hydrogen) atoms. The molecule has 1 aromatic carbocycles. The van der Waals surface area contributed by atoms with Gasteiger partial charge in [-0.3, -0.25) is 14.8 Å². The molecule has 3 aromatic rings. The Bertz CT molecular complexity index is 1230. The van der Waals surface area contributed by atoms with Crippen LogP contribution in [-0.2, 0) is 24.8 Å². The Balaban J connectivity index is 1.25. The molecule has 4 heterocycles. The highest BCUT2D eigenvalue weighted by Crippen LogP contribution is 2.36. The number of benzene rings is 1. The zero-order valence-electron chi connectivity index (χ0n) is 18.1. The molecule has 2 aliphatic rings. The Labute approximate surface area is 185 Å². The van der Waals surface area contributed by atoms with Crippen LogP contribution in [0.5, 0.6) is 0 Å². The lowest BCUT2D eigenvalue weighted by Gasteiger charge is -2.43. The summed E-state index contributed by atoms with van der Waals surface area (Å²) < 4.78 is 3.73. The van der Waals surface area contributed by atoms with Crippen molar-refractivity contribution in [1.29, 1.82) is 0 Å². The minimum atomic E-state index is -0.468. The molecule has 2 aliphatic heterocycles. The first-order valence-corrected chi connectivity index (χ1v) is 11.1. The number of likely N-dealkylation sites (tertiary alicyclic amines) is 1. The van der Waals surface area contributed by atoms with Gasteiger partial charge in [-0.05, 0) is 48.9 Å². The van der Waals surface area contributed by atoms with Crippen LogP contribution in [-0.4, -0.2) is 38.2 Å². The summed E-state index contributed by atoms with van der Waals surface area (Å²) in [6.07, 6.45) is 5.25. The second kappa shape index (κ2) is 8.11. The lowest BCUT2D eigenvalue weighted by Crippen LogP contribution is -2.49. The minimum absolute atomic E-state index is 0.0741. The monoisotopic (exact) mass is 435 g/mol. The van der Waals surface area contributed by atoms with Gasteiger partial charge in [0.25, 0.3) is 5.56 Å². The van der Waals surface area contributed by atoms with Gasteiger partial charge in [-0.15, -0.1) is 0 Å². The molecule has 1 saturated heterocycles. The molecule has 0 radical (unpaired) electrons. The average molecular weight is 436 g/mol. The smallest absolute Gasteiger partial charge is 0.275 e. The minimum Gasteiger partial charge on any atom is -0.733 e. The molecular formula is C24H27N4O4-. The van der Waals surface area contributed by atoms with Gasteiger partial charge in [-0.2, -0.15) is 0 Å². The molecule has 8 heteroatoms. The molecule has 0 saturated carbocycles. The lowest BCUT2D eigenvalue weighted by atomic mass is 9.83. The Hall–Kier alpha value is -3.10. The van der Waals surface area contributed by atoms with Crippen LogP contribution in [0.4, 0.5) is 5.69 Å². The molecule has 2 unspecified atom stereocenters. The Kier molecular flexibility index (Phi) is 5.27. The summed E-state index contributed by atoms with van der Waals surface area (Å²) in [5, 5.41) is 21.3. The average Bonchev–Trinajstić information content (AvgIpc) is 3.10. The standard InChI is InChI=1S/C24H27N4O4/c1-25-14-17(19-6-2-3-7-21(19)25)5-4-8-23(29)26-12-16-11-18(15-26)20-9-10-22(28(31)32)24(30)27(20)13-16/h2-3,6-7,9-10,14,16,18,31H,4-5,8,11-13,15H2,1H3/q-1. The number of para-hydroxylation sites is 1. The van der Waals surface area contributed by atoms with Crippen molar-refractivity contribution in [3.05, 3.63) is 69.4 Å². The third-order valence-corrected chi connectivity index (χ3v) is 6.96. The number of aryl methyl sites for hydroxylation is 2. The Morgan fingerprint density at radius 2 is 2.00 bits per heavy atom. The number of fused-ring (bicyclic) bond motifs is 5. The molecule has 0 aliphatic carbocycles. The first-order valence-electron chi connectivity index (χ1n) is 11.1. The normalized spacial score (nSPS) is 19.8. The van der Waals surface area contributed by atoms with E-state index in [9.17, 15) is 14.8 Å². The van der Waals surface area contributed by atoms with Crippen molar-refractivity contribution < 1.29 is 10.0 Å². The Morgan fingerprint density at radius 1 is 1.19 bits per heavy atom. The van der Waals surface area contributed by atoms with Gasteiger partial charge in [0.2, 0.25) is 5.91 Å². The first-order chi connectivity index (χ1) is 15.4. The van der Waals surface area contributed by atoms with E-state index in [2.05, 4.69) is 22.9 Å². The quantitative estimate of drug-likeness (QED) is 0.622. The van der Waals surface area contributed by atoms with E-state index in [1.807, 2.05) is 24.1 Å². The van der Waals surface area contributed by atoms with Crippen LogP contribution in [0.25, 0.3) is 10.9 Å². The number of pyridine rings is 1. The predicted molar refractivity (Wildman–Crippen MR) is 122 cm³/mol. The van der Waals surface area contributed by atoms with E-state index in [-0.39, 0.29) is 28.7 Å². The van der Waals surface area contributed by atoms with E-state index in [0.29, 0.717) is 26.1 Å². The van der Waals surface area contributed by atoms with Gasteiger partial charge < -0.3 is 24.5 Å². The number of rotatable bonds is 5. The van der Waals surface area contributed by atoms with Crippen molar-refractivity contribution >= 4 is 22.5 Å². The van der Waals surface area contributed by atoms with Crippen LogP contribution >= 0.6 is 0 Å². The summed E-state index contributed by atoms with van der Waals surface area (Å²) in [5.41, 5.74) is 2.58. The number of hydrogen-bond acceptors (Lipinski definition) is 5. The van der Waals surface area contributed by atoms with Gasteiger partial charge in [0.1, 0.15) is 5.69 Å². The second-order valence-electron chi connectivity index (χ2n) is 9.07. The van der Waals surface area contributed by atoms with Gasteiger partial charge in [0, 0.05) is 61.8 Å². The fraction of sp³-hybridized carbons (Fsp3) is 0.417. The van der Waals surface area contributed by atoms with E-state index < -0.39 is 5.56 Å². The highest BCUT2D eigenvalue weighted by atomic mass is 16.8. The molecule has 5 rings (SSSR count). The third-order valence-electron chi connectivity index (χ3n) is 6.96. The molecule has 2 atom stereocenters. The third kappa shape index (κ3) is 3.59. The van der Waals surface area contributed by atoms with E-state index in [0.717, 1.165) is 25.0 Å². The molecule has 8 nitrogen and oxygen atoms in total. The second-order valence-corrected chi connectivity index (χ2v) is 9.07. The van der Waals surface area contributed by atoms with E-state index in [4.69, 9.17) is 5.21 Å². The molecule has 2 bridgehead atoms. The Morgan fingerprint density at radius 3 is 2.81 bits per heavy atom.